The molecule has 114 valence electrons. The topological polar surface area (TPSA) is 3.01 Å². The van der Waals surface area contributed by atoms with Crippen LogP contribution in [0.2, 0.25) is 0 Å². The Morgan fingerprint density at radius 1 is 0.870 bits per heavy atom. The van der Waals surface area contributed by atoms with Gasteiger partial charge in [-0.15, -0.1) is 0 Å². The molecule has 1 heteroatoms. The fourth-order valence-corrected chi connectivity index (χ4v) is 4.07. The number of rotatable bonds is 2. The van der Waals surface area contributed by atoms with Gasteiger partial charge in [-0.1, -0.05) is 54.6 Å². The summed E-state index contributed by atoms with van der Waals surface area (Å²) in [6.07, 6.45) is 1.03. The molecule has 3 aromatic rings. The van der Waals surface area contributed by atoms with E-state index in [1.807, 2.05) is 0 Å². The fraction of sp³-hybridized carbons (Fsp3) is 0.227. The fourth-order valence-electron chi connectivity index (χ4n) is 4.07. The van der Waals surface area contributed by atoms with Gasteiger partial charge in [0.1, 0.15) is 7.05 Å². The summed E-state index contributed by atoms with van der Waals surface area (Å²) >= 11 is 0. The Hall–Kier alpha value is -2.41. The molecule has 1 aliphatic heterocycles. The number of benzene rings is 3. The summed E-state index contributed by atoms with van der Waals surface area (Å²) in [5.74, 6) is 0. The van der Waals surface area contributed by atoms with E-state index < -0.39 is 0 Å². The standard InChI is InChI=1S/C22H22N/c1-16-22(2,15-17-9-5-4-6-10-17)21-19-12-8-7-11-18(19)13-14-20(21)23(16)3/h4-14H,15H2,1-3H3/q+1/t22-/m0/s1. The Morgan fingerprint density at radius 2 is 1.57 bits per heavy atom. The Labute approximate surface area is 137 Å². The van der Waals surface area contributed by atoms with Crippen LogP contribution in [0.4, 0.5) is 5.69 Å². The van der Waals surface area contributed by atoms with Crippen LogP contribution >= 0.6 is 0 Å². The second-order valence-electron chi connectivity index (χ2n) is 6.82. The molecule has 0 radical (unpaired) electrons. The number of nitrogens with zero attached hydrogens (tertiary/aromatic N) is 1. The van der Waals surface area contributed by atoms with E-state index >= 15 is 0 Å². The van der Waals surface area contributed by atoms with Crippen LogP contribution in [0.1, 0.15) is 25.0 Å². The molecule has 0 spiro atoms. The first kappa shape index (κ1) is 14.2. The van der Waals surface area contributed by atoms with Crippen molar-refractivity contribution in [3.05, 3.63) is 77.9 Å². The van der Waals surface area contributed by atoms with Gasteiger partial charge in [0, 0.05) is 18.6 Å². The van der Waals surface area contributed by atoms with E-state index in [1.165, 1.54) is 33.3 Å². The van der Waals surface area contributed by atoms with Gasteiger partial charge in [-0.2, -0.15) is 0 Å². The predicted molar refractivity (Wildman–Crippen MR) is 98.0 cm³/mol. The minimum absolute atomic E-state index is 0.0340. The van der Waals surface area contributed by atoms with E-state index in [0.717, 1.165) is 6.42 Å². The molecular formula is C22H22N+. The van der Waals surface area contributed by atoms with Crippen LogP contribution in [-0.4, -0.2) is 17.3 Å². The van der Waals surface area contributed by atoms with Crippen molar-refractivity contribution in [2.45, 2.75) is 25.7 Å². The lowest BCUT2D eigenvalue weighted by Crippen LogP contribution is -2.32. The SMILES string of the molecule is CC1=[N+](C)c2ccc3ccccc3c2[C@@]1(C)Cc1ccccc1. The van der Waals surface area contributed by atoms with Gasteiger partial charge in [-0.3, -0.25) is 0 Å². The highest BCUT2D eigenvalue weighted by Crippen LogP contribution is 2.45. The molecule has 4 rings (SSSR count). The summed E-state index contributed by atoms with van der Waals surface area (Å²) < 4.78 is 2.37. The van der Waals surface area contributed by atoms with E-state index in [-0.39, 0.29) is 5.41 Å². The van der Waals surface area contributed by atoms with Crippen molar-refractivity contribution in [1.29, 1.82) is 0 Å². The van der Waals surface area contributed by atoms with Gasteiger partial charge >= 0.3 is 0 Å². The first-order chi connectivity index (χ1) is 11.1. The summed E-state index contributed by atoms with van der Waals surface area (Å²) in [6.45, 7) is 4.67. The van der Waals surface area contributed by atoms with Gasteiger partial charge in [0.2, 0.25) is 5.69 Å². The zero-order valence-corrected chi connectivity index (χ0v) is 14.0. The maximum atomic E-state index is 2.39. The average molecular weight is 300 g/mol. The summed E-state index contributed by atoms with van der Waals surface area (Å²) in [6, 6.07) is 24.1. The summed E-state index contributed by atoms with van der Waals surface area (Å²) in [5.41, 5.74) is 5.67. The molecular weight excluding hydrogens is 278 g/mol. The number of hydrogen-bond donors (Lipinski definition) is 0. The highest BCUT2D eigenvalue weighted by Gasteiger charge is 2.46. The normalized spacial score (nSPS) is 20.1. The van der Waals surface area contributed by atoms with E-state index in [4.69, 9.17) is 0 Å². The molecule has 0 saturated carbocycles. The molecule has 0 saturated heterocycles. The monoisotopic (exact) mass is 300 g/mol. The van der Waals surface area contributed by atoms with Crippen molar-refractivity contribution in [3.63, 3.8) is 0 Å². The summed E-state index contributed by atoms with van der Waals surface area (Å²) in [7, 11) is 2.19. The molecule has 0 aliphatic carbocycles. The summed E-state index contributed by atoms with van der Waals surface area (Å²) in [4.78, 5) is 0. The molecule has 1 atom stereocenters. The third-order valence-electron chi connectivity index (χ3n) is 5.52. The van der Waals surface area contributed by atoms with Crippen LogP contribution < -0.4 is 0 Å². The van der Waals surface area contributed by atoms with Crippen LogP contribution in [-0.2, 0) is 11.8 Å². The molecule has 0 fully saturated rings. The molecule has 0 bridgehead atoms. The van der Waals surface area contributed by atoms with E-state index in [9.17, 15) is 0 Å². The van der Waals surface area contributed by atoms with Crippen molar-refractivity contribution in [2.24, 2.45) is 0 Å². The quantitative estimate of drug-likeness (QED) is 0.580. The molecule has 3 aromatic carbocycles. The van der Waals surface area contributed by atoms with Crippen molar-refractivity contribution in [2.75, 3.05) is 7.05 Å². The van der Waals surface area contributed by atoms with Crippen LogP contribution in [0.5, 0.6) is 0 Å². The molecule has 1 nitrogen and oxygen atoms in total. The smallest absolute Gasteiger partial charge is 0.202 e. The number of fused-ring (bicyclic) bond motifs is 3. The largest absolute Gasteiger partial charge is 0.209 e. The Balaban J connectivity index is 1.97. The van der Waals surface area contributed by atoms with Gasteiger partial charge in [-0.25, -0.2) is 4.58 Å². The average Bonchev–Trinajstić information content (AvgIpc) is 2.78. The Bertz CT molecular complexity index is 921. The first-order valence-corrected chi connectivity index (χ1v) is 8.25. The maximum Gasteiger partial charge on any atom is 0.209 e. The molecule has 23 heavy (non-hydrogen) atoms. The van der Waals surface area contributed by atoms with Crippen LogP contribution in [0.3, 0.4) is 0 Å². The number of hydrogen-bond acceptors (Lipinski definition) is 0. The van der Waals surface area contributed by atoms with Crippen molar-refractivity contribution in [1.82, 2.24) is 0 Å². The minimum Gasteiger partial charge on any atom is -0.202 e. The lowest BCUT2D eigenvalue weighted by Gasteiger charge is -2.23. The first-order valence-electron chi connectivity index (χ1n) is 8.25. The van der Waals surface area contributed by atoms with Gasteiger partial charge in [0.15, 0.2) is 5.71 Å². The van der Waals surface area contributed by atoms with Gasteiger partial charge in [0.25, 0.3) is 0 Å². The zero-order chi connectivity index (χ0) is 16.0. The Morgan fingerprint density at radius 3 is 2.35 bits per heavy atom. The minimum atomic E-state index is 0.0340. The van der Waals surface area contributed by atoms with Gasteiger partial charge in [0.05, 0.1) is 5.41 Å². The highest BCUT2D eigenvalue weighted by molar-refractivity contribution is 6.02. The molecule has 1 heterocycles. The Kier molecular flexibility index (Phi) is 3.12. The second kappa shape index (κ2) is 5.06. The highest BCUT2D eigenvalue weighted by atomic mass is 15.0. The summed E-state index contributed by atoms with van der Waals surface area (Å²) in [5, 5.41) is 2.71. The van der Waals surface area contributed by atoms with Gasteiger partial charge in [-0.05, 0) is 35.7 Å². The third-order valence-corrected chi connectivity index (χ3v) is 5.52. The molecule has 0 amide bonds. The molecule has 1 aliphatic rings. The molecule has 0 unspecified atom stereocenters. The lowest BCUT2D eigenvalue weighted by molar-refractivity contribution is -0.403. The van der Waals surface area contributed by atoms with E-state index in [1.54, 1.807) is 0 Å². The van der Waals surface area contributed by atoms with E-state index in [2.05, 4.69) is 92.2 Å². The van der Waals surface area contributed by atoms with Crippen molar-refractivity contribution < 1.29 is 4.58 Å². The molecule has 0 aromatic heterocycles. The van der Waals surface area contributed by atoms with Gasteiger partial charge < -0.3 is 0 Å². The second-order valence-corrected chi connectivity index (χ2v) is 6.82. The third kappa shape index (κ3) is 2.03. The predicted octanol–water partition coefficient (Wildman–Crippen LogP) is 5.09. The maximum absolute atomic E-state index is 2.39. The van der Waals surface area contributed by atoms with E-state index in [0.29, 0.717) is 0 Å². The van der Waals surface area contributed by atoms with Crippen LogP contribution in [0.15, 0.2) is 66.7 Å². The van der Waals surface area contributed by atoms with Crippen molar-refractivity contribution >= 4 is 22.2 Å². The molecule has 0 N–H and O–H groups in total. The lowest BCUT2D eigenvalue weighted by atomic mass is 9.73. The van der Waals surface area contributed by atoms with Crippen molar-refractivity contribution in [3.8, 4) is 0 Å². The van der Waals surface area contributed by atoms with Crippen LogP contribution in [0, 0.1) is 0 Å². The zero-order valence-electron chi connectivity index (χ0n) is 14.0. The van der Waals surface area contributed by atoms with Crippen LogP contribution in [0.25, 0.3) is 10.8 Å².